The van der Waals surface area contributed by atoms with E-state index in [1.165, 1.54) is 10.8 Å². The number of aromatic nitrogens is 3. The van der Waals surface area contributed by atoms with Gasteiger partial charge in [0.1, 0.15) is 6.26 Å². The smallest absolute Gasteiger partial charge is 0.406 e. The Bertz CT molecular complexity index is 771. The van der Waals surface area contributed by atoms with Crippen LogP contribution in [0.2, 0.25) is 0 Å². The Morgan fingerprint density at radius 1 is 1.50 bits per heavy atom. The number of hydrogen-bond donors (Lipinski definition) is 0. The molecule has 0 fully saturated rings. The van der Waals surface area contributed by atoms with Crippen molar-refractivity contribution in [3.05, 3.63) is 44.8 Å². The van der Waals surface area contributed by atoms with Crippen molar-refractivity contribution in [2.45, 2.75) is 13.5 Å². The largest absolute Gasteiger partial charge is 0.421 e. The first-order chi connectivity index (χ1) is 8.65. The quantitative estimate of drug-likeness (QED) is 0.724. The van der Waals surface area contributed by atoms with Crippen molar-refractivity contribution in [1.82, 2.24) is 14.7 Å². The fourth-order valence-corrected chi connectivity index (χ4v) is 2.01. The van der Waals surface area contributed by atoms with Crippen LogP contribution in [-0.2, 0) is 6.54 Å². The Morgan fingerprint density at radius 3 is 3.06 bits per heavy atom. The van der Waals surface area contributed by atoms with E-state index in [2.05, 4.69) is 26.1 Å². The van der Waals surface area contributed by atoms with Crippen LogP contribution >= 0.6 is 15.9 Å². The monoisotopic (exact) mass is 309 g/mol. The predicted molar refractivity (Wildman–Crippen MR) is 66.3 cm³/mol. The standard InChI is InChI=1S/C11H8BrN3O3/c1-6-7(5-17-14-6)4-15-10-9(18-11(15)16)2-8(12)3-13-10/h2-3,5H,4H2,1H3. The second kappa shape index (κ2) is 4.09. The summed E-state index contributed by atoms with van der Waals surface area (Å²) < 4.78 is 12.2. The molecule has 0 spiro atoms. The fourth-order valence-electron chi connectivity index (χ4n) is 1.70. The molecule has 18 heavy (non-hydrogen) atoms. The zero-order valence-corrected chi connectivity index (χ0v) is 11.0. The van der Waals surface area contributed by atoms with Gasteiger partial charge < -0.3 is 8.94 Å². The Balaban J connectivity index is 2.15. The van der Waals surface area contributed by atoms with Gasteiger partial charge >= 0.3 is 5.76 Å². The minimum absolute atomic E-state index is 0.329. The second-order valence-electron chi connectivity index (χ2n) is 3.85. The number of oxazole rings is 1. The number of rotatable bonds is 2. The van der Waals surface area contributed by atoms with Crippen LogP contribution in [0.1, 0.15) is 11.3 Å². The maximum absolute atomic E-state index is 11.8. The third-order valence-corrected chi connectivity index (χ3v) is 3.08. The van der Waals surface area contributed by atoms with Crippen molar-refractivity contribution in [3.63, 3.8) is 0 Å². The molecule has 0 aromatic carbocycles. The number of halogens is 1. The van der Waals surface area contributed by atoms with Crippen LogP contribution < -0.4 is 5.76 Å². The molecule has 6 nitrogen and oxygen atoms in total. The SMILES string of the molecule is Cc1nocc1Cn1c(=O)oc2cc(Br)cnc21. The maximum Gasteiger partial charge on any atom is 0.421 e. The summed E-state index contributed by atoms with van der Waals surface area (Å²) in [5, 5.41) is 3.77. The van der Waals surface area contributed by atoms with Crippen LogP contribution in [0.4, 0.5) is 0 Å². The zero-order chi connectivity index (χ0) is 12.7. The molecule has 3 aromatic heterocycles. The summed E-state index contributed by atoms with van der Waals surface area (Å²) in [7, 11) is 0. The van der Waals surface area contributed by atoms with Crippen molar-refractivity contribution in [3.8, 4) is 0 Å². The van der Waals surface area contributed by atoms with E-state index in [0.29, 0.717) is 17.8 Å². The lowest BCUT2D eigenvalue weighted by molar-refractivity contribution is 0.414. The van der Waals surface area contributed by atoms with Crippen molar-refractivity contribution in [2.24, 2.45) is 0 Å². The minimum Gasteiger partial charge on any atom is -0.406 e. The van der Waals surface area contributed by atoms with Gasteiger partial charge in [-0.25, -0.2) is 9.78 Å². The van der Waals surface area contributed by atoms with Crippen LogP contribution in [0.25, 0.3) is 11.2 Å². The molecule has 3 aromatic rings. The number of hydrogen-bond acceptors (Lipinski definition) is 5. The van der Waals surface area contributed by atoms with E-state index in [1.54, 1.807) is 12.3 Å². The Labute approximate surface area is 109 Å². The highest BCUT2D eigenvalue weighted by molar-refractivity contribution is 9.10. The lowest BCUT2D eigenvalue weighted by Gasteiger charge is -1.98. The van der Waals surface area contributed by atoms with E-state index in [1.807, 2.05) is 6.92 Å². The van der Waals surface area contributed by atoms with Gasteiger partial charge in [0, 0.05) is 22.3 Å². The summed E-state index contributed by atoms with van der Waals surface area (Å²) in [5.41, 5.74) is 2.52. The molecule has 0 N–H and O–H groups in total. The molecule has 0 atom stereocenters. The molecule has 0 saturated carbocycles. The fraction of sp³-hybridized carbons (Fsp3) is 0.182. The molecule has 0 aliphatic rings. The molecule has 3 heterocycles. The second-order valence-corrected chi connectivity index (χ2v) is 4.77. The number of aryl methyl sites for hydroxylation is 1. The summed E-state index contributed by atoms with van der Waals surface area (Å²) in [5.74, 6) is -0.448. The average molecular weight is 310 g/mol. The van der Waals surface area contributed by atoms with E-state index in [-0.39, 0.29) is 0 Å². The molecule has 92 valence electrons. The molecule has 0 unspecified atom stereocenters. The van der Waals surface area contributed by atoms with Gasteiger partial charge in [-0.1, -0.05) is 5.16 Å². The number of nitrogens with zero attached hydrogens (tertiary/aromatic N) is 3. The topological polar surface area (TPSA) is 74.1 Å². The molecule has 0 amide bonds. The maximum atomic E-state index is 11.8. The van der Waals surface area contributed by atoms with E-state index >= 15 is 0 Å². The first-order valence-electron chi connectivity index (χ1n) is 5.20. The van der Waals surface area contributed by atoms with Gasteiger partial charge in [0.25, 0.3) is 0 Å². The van der Waals surface area contributed by atoms with Crippen molar-refractivity contribution in [2.75, 3.05) is 0 Å². The first kappa shape index (κ1) is 11.2. The van der Waals surface area contributed by atoms with Gasteiger partial charge in [0.15, 0.2) is 11.2 Å². The molecule has 7 heteroatoms. The van der Waals surface area contributed by atoms with Crippen molar-refractivity contribution < 1.29 is 8.94 Å². The van der Waals surface area contributed by atoms with Crippen molar-refractivity contribution >= 4 is 27.2 Å². The Hall–Kier alpha value is -1.89. The molecular formula is C11H8BrN3O3. The molecule has 0 radical (unpaired) electrons. The number of pyridine rings is 1. The average Bonchev–Trinajstić information content (AvgIpc) is 2.85. The third-order valence-electron chi connectivity index (χ3n) is 2.65. The molecular weight excluding hydrogens is 302 g/mol. The van der Waals surface area contributed by atoms with Gasteiger partial charge in [0.2, 0.25) is 0 Å². The molecule has 3 rings (SSSR count). The van der Waals surface area contributed by atoms with Crippen LogP contribution in [0, 0.1) is 6.92 Å². The Morgan fingerprint density at radius 2 is 2.33 bits per heavy atom. The normalized spacial score (nSPS) is 11.2. The van der Waals surface area contributed by atoms with E-state index in [0.717, 1.165) is 15.7 Å². The third kappa shape index (κ3) is 1.76. The molecule has 0 saturated heterocycles. The van der Waals surface area contributed by atoms with E-state index < -0.39 is 5.76 Å². The van der Waals surface area contributed by atoms with Gasteiger partial charge in [-0.05, 0) is 22.9 Å². The minimum atomic E-state index is -0.448. The highest BCUT2D eigenvalue weighted by Crippen LogP contribution is 2.17. The van der Waals surface area contributed by atoms with E-state index in [9.17, 15) is 4.79 Å². The lowest BCUT2D eigenvalue weighted by atomic mass is 10.2. The summed E-state index contributed by atoms with van der Waals surface area (Å²) >= 11 is 3.28. The molecule has 0 aliphatic carbocycles. The molecule has 0 bridgehead atoms. The number of fused-ring (bicyclic) bond motifs is 1. The van der Waals surface area contributed by atoms with Crippen LogP contribution in [-0.4, -0.2) is 14.7 Å². The van der Waals surface area contributed by atoms with Gasteiger partial charge in [-0.15, -0.1) is 0 Å². The summed E-state index contributed by atoms with van der Waals surface area (Å²) in [4.78, 5) is 16.0. The highest BCUT2D eigenvalue weighted by Gasteiger charge is 2.13. The van der Waals surface area contributed by atoms with Crippen LogP contribution in [0.3, 0.4) is 0 Å². The van der Waals surface area contributed by atoms with Gasteiger partial charge in [-0.3, -0.25) is 4.57 Å². The Kier molecular flexibility index (Phi) is 2.55. The summed E-state index contributed by atoms with van der Waals surface area (Å²) in [6.07, 6.45) is 3.13. The molecule has 0 aliphatic heterocycles. The van der Waals surface area contributed by atoms with Gasteiger partial charge in [-0.2, -0.15) is 0 Å². The summed E-state index contributed by atoms with van der Waals surface area (Å²) in [6.45, 7) is 2.14. The summed E-state index contributed by atoms with van der Waals surface area (Å²) in [6, 6.07) is 1.71. The van der Waals surface area contributed by atoms with Crippen LogP contribution in [0.5, 0.6) is 0 Å². The highest BCUT2D eigenvalue weighted by atomic mass is 79.9. The van der Waals surface area contributed by atoms with E-state index in [4.69, 9.17) is 8.94 Å². The van der Waals surface area contributed by atoms with Gasteiger partial charge in [0.05, 0.1) is 12.2 Å². The lowest BCUT2D eigenvalue weighted by Crippen LogP contribution is -2.15. The predicted octanol–water partition coefficient (Wildman–Crippen LogP) is 2.10. The zero-order valence-electron chi connectivity index (χ0n) is 9.38. The first-order valence-corrected chi connectivity index (χ1v) is 5.99. The van der Waals surface area contributed by atoms with Crippen LogP contribution in [0.15, 0.2) is 36.7 Å². The van der Waals surface area contributed by atoms with Crippen molar-refractivity contribution in [1.29, 1.82) is 0 Å².